The lowest BCUT2D eigenvalue weighted by Crippen LogP contribution is -2.46. The van der Waals surface area contributed by atoms with E-state index in [9.17, 15) is 13.2 Å². The number of hydrogen-bond donors (Lipinski definition) is 0. The van der Waals surface area contributed by atoms with Crippen LogP contribution in [0.5, 0.6) is 5.75 Å². The lowest BCUT2D eigenvalue weighted by molar-refractivity contribution is -0.145. The van der Waals surface area contributed by atoms with Crippen LogP contribution in [-0.4, -0.2) is 39.0 Å². The normalized spacial score (nSPS) is 12.4. The molecule has 0 unspecified atom stereocenters. The number of rotatable bonds is 9. The first-order valence-corrected chi connectivity index (χ1v) is 12.9. The SMILES string of the molecule is COC(=O)[C@H](Cc1ccccc1)N(Cc1ccc(C)cc1)S(=O)(=O)c1c(C)cc(OC)c(C)c1C. The van der Waals surface area contributed by atoms with E-state index < -0.39 is 22.0 Å². The van der Waals surface area contributed by atoms with Gasteiger partial charge in [0.25, 0.3) is 0 Å². The molecule has 0 spiro atoms. The van der Waals surface area contributed by atoms with Crippen LogP contribution in [0.15, 0.2) is 65.6 Å². The Labute approximate surface area is 208 Å². The van der Waals surface area contributed by atoms with E-state index in [2.05, 4.69) is 0 Å². The third kappa shape index (κ3) is 5.74. The van der Waals surface area contributed by atoms with Gasteiger partial charge >= 0.3 is 5.97 Å². The molecule has 3 aromatic carbocycles. The molecule has 0 aliphatic rings. The molecular formula is C28H33NO5S. The minimum Gasteiger partial charge on any atom is -0.496 e. The van der Waals surface area contributed by atoms with Crippen LogP contribution in [0.3, 0.4) is 0 Å². The number of methoxy groups -OCH3 is 2. The van der Waals surface area contributed by atoms with Crippen molar-refractivity contribution in [2.24, 2.45) is 0 Å². The first kappa shape index (κ1) is 26.4. The van der Waals surface area contributed by atoms with Crippen LogP contribution < -0.4 is 4.74 Å². The summed E-state index contributed by atoms with van der Waals surface area (Å²) in [6.07, 6.45) is 0.186. The molecule has 0 bridgehead atoms. The van der Waals surface area contributed by atoms with Gasteiger partial charge in [0.2, 0.25) is 10.0 Å². The zero-order valence-corrected chi connectivity index (χ0v) is 22.0. The summed E-state index contributed by atoms with van der Waals surface area (Å²) in [6.45, 7) is 7.35. The maximum absolute atomic E-state index is 14.3. The largest absolute Gasteiger partial charge is 0.496 e. The number of benzene rings is 3. The lowest BCUT2D eigenvalue weighted by Gasteiger charge is -2.31. The Balaban J connectivity index is 2.21. The van der Waals surface area contributed by atoms with E-state index in [-0.39, 0.29) is 17.9 Å². The minimum absolute atomic E-state index is 0.0270. The fraction of sp³-hybridized carbons (Fsp3) is 0.321. The summed E-state index contributed by atoms with van der Waals surface area (Å²) in [5, 5.41) is 0. The Bertz CT molecular complexity index is 1290. The third-order valence-electron chi connectivity index (χ3n) is 6.32. The van der Waals surface area contributed by atoms with Crippen molar-refractivity contribution in [3.8, 4) is 5.75 Å². The topological polar surface area (TPSA) is 72.9 Å². The van der Waals surface area contributed by atoms with E-state index in [1.54, 1.807) is 27.0 Å². The van der Waals surface area contributed by atoms with Crippen molar-refractivity contribution < 1.29 is 22.7 Å². The van der Waals surface area contributed by atoms with Gasteiger partial charge in [0.05, 0.1) is 19.1 Å². The predicted molar refractivity (Wildman–Crippen MR) is 137 cm³/mol. The highest BCUT2D eigenvalue weighted by Crippen LogP contribution is 2.34. The van der Waals surface area contributed by atoms with Crippen LogP contribution in [0.2, 0.25) is 0 Å². The smallest absolute Gasteiger partial charge is 0.324 e. The molecule has 7 heteroatoms. The molecule has 186 valence electrons. The number of aryl methyl sites for hydroxylation is 2. The Hall–Kier alpha value is -3.16. The van der Waals surface area contributed by atoms with E-state index >= 15 is 0 Å². The van der Waals surface area contributed by atoms with Crippen molar-refractivity contribution >= 4 is 16.0 Å². The van der Waals surface area contributed by atoms with Crippen LogP contribution in [0, 0.1) is 27.7 Å². The number of carbonyl (C=O) groups excluding carboxylic acids is 1. The summed E-state index contributed by atoms with van der Waals surface area (Å²) >= 11 is 0. The molecule has 0 saturated carbocycles. The fourth-order valence-electron chi connectivity index (χ4n) is 4.26. The van der Waals surface area contributed by atoms with Crippen molar-refractivity contribution in [2.75, 3.05) is 14.2 Å². The molecule has 0 aliphatic heterocycles. The van der Waals surface area contributed by atoms with Gasteiger partial charge in [-0.3, -0.25) is 4.79 Å². The summed E-state index contributed by atoms with van der Waals surface area (Å²) in [6, 6.07) is 17.7. The van der Waals surface area contributed by atoms with Crippen LogP contribution in [0.25, 0.3) is 0 Å². The van der Waals surface area contributed by atoms with E-state index in [0.29, 0.717) is 16.9 Å². The zero-order valence-electron chi connectivity index (χ0n) is 21.2. The highest BCUT2D eigenvalue weighted by molar-refractivity contribution is 7.89. The molecule has 0 radical (unpaired) electrons. The molecule has 0 aliphatic carbocycles. The molecule has 35 heavy (non-hydrogen) atoms. The van der Waals surface area contributed by atoms with Gasteiger partial charge in [-0.05, 0) is 68.0 Å². The Morgan fingerprint density at radius 1 is 0.886 bits per heavy atom. The van der Waals surface area contributed by atoms with Gasteiger partial charge < -0.3 is 9.47 Å². The number of esters is 1. The molecular weight excluding hydrogens is 462 g/mol. The molecule has 0 fully saturated rings. The number of sulfonamides is 1. The second-order valence-electron chi connectivity index (χ2n) is 8.74. The highest BCUT2D eigenvalue weighted by atomic mass is 32.2. The highest BCUT2D eigenvalue weighted by Gasteiger charge is 2.39. The van der Waals surface area contributed by atoms with Crippen LogP contribution >= 0.6 is 0 Å². The molecule has 0 N–H and O–H groups in total. The zero-order chi connectivity index (χ0) is 25.8. The lowest BCUT2D eigenvalue weighted by atomic mass is 10.1. The first-order chi connectivity index (χ1) is 16.6. The molecule has 3 rings (SSSR count). The molecule has 0 aromatic heterocycles. The summed E-state index contributed by atoms with van der Waals surface area (Å²) in [7, 11) is -1.27. The Morgan fingerprint density at radius 2 is 1.51 bits per heavy atom. The Kier molecular flexibility index (Phi) is 8.35. The maximum atomic E-state index is 14.3. The average Bonchev–Trinajstić information content (AvgIpc) is 2.84. The van der Waals surface area contributed by atoms with Gasteiger partial charge in [-0.15, -0.1) is 0 Å². The van der Waals surface area contributed by atoms with Crippen molar-refractivity contribution in [2.45, 2.75) is 51.6 Å². The molecule has 6 nitrogen and oxygen atoms in total. The van der Waals surface area contributed by atoms with Gasteiger partial charge in [-0.2, -0.15) is 4.31 Å². The quantitative estimate of drug-likeness (QED) is 0.395. The number of hydrogen-bond acceptors (Lipinski definition) is 5. The molecule has 0 saturated heterocycles. The predicted octanol–water partition coefficient (Wildman–Crippen LogP) is 4.90. The van der Waals surface area contributed by atoms with Crippen LogP contribution in [0.1, 0.15) is 33.4 Å². The van der Waals surface area contributed by atoms with Crippen LogP contribution in [0.4, 0.5) is 0 Å². The summed E-state index contributed by atoms with van der Waals surface area (Å²) in [5.41, 5.74) is 4.58. The molecule has 0 heterocycles. The van der Waals surface area contributed by atoms with E-state index in [4.69, 9.17) is 9.47 Å². The van der Waals surface area contributed by atoms with E-state index in [0.717, 1.165) is 22.3 Å². The molecule has 0 amide bonds. The van der Waals surface area contributed by atoms with Gasteiger partial charge in [0.1, 0.15) is 11.8 Å². The standard InChI is InChI=1S/C28H33NO5S/c1-19-12-14-24(15-13-19)18-29(25(28(30)34-6)17-23-10-8-7-9-11-23)35(31,32)27-20(2)16-26(33-5)21(3)22(27)4/h7-16,25H,17-18H2,1-6H3/t25-/m0/s1. The van der Waals surface area contributed by atoms with Crippen molar-refractivity contribution in [3.05, 3.63) is 94.0 Å². The summed E-state index contributed by atoms with van der Waals surface area (Å²) in [4.78, 5) is 13.3. The number of carbonyl (C=O) groups is 1. The van der Waals surface area contributed by atoms with Crippen LogP contribution in [-0.2, 0) is 32.5 Å². The third-order valence-corrected chi connectivity index (χ3v) is 8.46. The van der Waals surface area contributed by atoms with Gasteiger partial charge in [-0.1, -0.05) is 60.2 Å². The fourth-order valence-corrected chi connectivity index (χ4v) is 6.31. The summed E-state index contributed by atoms with van der Waals surface area (Å²) in [5.74, 6) is 0.0166. The van der Waals surface area contributed by atoms with Gasteiger partial charge in [0, 0.05) is 6.54 Å². The second-order valence-corrected chi connectivity index (χ2v) is 10.6. The number of nitrogens with zero attached hydrogens (tertiary/aromatic N) is 1. The van der Waals surface area contributed by atoms with Gasteiger partial charge in [-0.25, -0.2) is 8.42 Å². The minimum atomic E-state index is -4.12. The monoisotopic (exact) mass is 495 g/mol. The Morgan fingerprint density at radius 3 is 2.09 bits per heavy atom. The van der Waals surface area contributed by atoms with E-state index in [1.807, 2.05) is 68.4 Å². The van der Waals surface area contributed by atoms with Crippen molar-refractivity contribution in [3.63, 3.8) is 0 Å². The number of ether oxygens (including phenoxy) is 2. The summed E-state index contributed by atoms with van der Waals surface area (Å²) < 4.78 is 40.5. The maximum Gasteiger partial charge on any atom is 0.324 e. The average molecular weight is 496 g/mol. The first-order valence-electron chi connectivity index (χ1n) is 11.4. The molecule has 3 aromatic rings. The second kappa shape index (κ2) is 11.1. The van der Waals surface area contributed by atoms with Crippen molar-refractivity contribution in [1.82, 2.24) is 4.31 Å². The van der Waals surface area contributed by atoms with Crippen molar-refractivity contribution in [1.29, 1.82) is 0 Å². The van der Waals surface area contributed by atoms with E-state index in [1.165, 1.54) is 11.4 Å². The van der Waals surface area contributed by atoms with Gasteiger partial charge in [0.15, 0.2) is 0 Å². The molecule has 1 atom stereocenters.